The molecule has 3 aromatic rings. The molecule has 0 spiro atoms. The number of benzene rings is 3. The van der Waals surface area contributed by atoms with Gasteiger partial charge in [-0.2, -0.15) is 17.5 Å². The number of anilines is 1. The minimum Gasteiger partial charge on any atom is -0.321 e. The lowest BCUT2D eigenvalue weighted by Crippen LogP contribution is -2.48. The van der Waals surface area contributed by atoms with Crippen molar-refractivity contribution in [2.24, 2.45) is 0 Å². The number of hydrogen-bond acceptors (Lipinski definition) is 4. The van der Waals surface area contributed by atoms with E-state index in [1.165, 1.54) is 22.5 Å². The number of nitrogens with one attached hydrogen (secondary N) is 1. The first-order valence-corrected chi connectivity index (χ1v) is 12.8. The molecule has 190 valence electrons. The number of nitrogens with zero attached hydrogens (tertiary/aromatic N) is 2. The quantitative estimate of drug-likeness (QED) is 0.511. The maximum Gasteiger partial charge on any atom is 0.418 e. The molecular weight excluding hydrogens is 491 g/mol. The van der Waals surface area contributed by atoms with E-state index < -0.39 is 27.7 Å². The van der Waals surface area contributed by atoms with Crippen molar-refractivity contribution < 1.29 is 26.4 Å². The van der Waals surface area contributed by atoms with E-state index in [2.05, 4.69) is 10.2 Å². The van der Waals surface area contributed by atoms with Crippen LogP contribution in [0.25, 0.3) is 0 Å². The van der Waals surface area contributed by atoms with Gasteiger partial charge < -0.3 is 5.32 Å². The Morgan fingerprint density at radius 1 is 0.917 bits per heavy atom. The SMILES string of the molecule is Cc1ccc(S(=O)(=O)N2CCN(Cc3cccc(C(=O)Nc4ccccc4C(F)(F)F)c3)CC2)cc1. The highest BCUT2D eigenvalue weighted by Crippen LogP contribution is 2.34. The lowest BCUT2D eigenvalue weighted by molar-refractivity contribution is -0.136. The summed E-state index contributed by atoms with van der Waals surface area (Å²) in [5, 5.41) is 2.36. The third-order valence-electron chi connectivity index (χ3n) is 6.07. The van der Waals surface area contributed by atoms with Crippen molar-refractivity contribution in [1.29, 1.82) is 0 Å². The standard InChI is InChI=1S/C26H26F3N3O3S/c1-19-9-11-22(12-10-19)36(34,35)32-15-13-31(14-16-32)18-20-5-4-6-21(17-20)25(33)30-24-8-3-2-7-23(24)26(27,28)29/h2-12,17H,13-16,18H2,1H3,(H,30,33). The second-order valence-electron chi connectivity index (χ2n) is 8.69. The molecule has 1 amide bonds. The van der Waals surface area contributed by atoms with Gasteiger partial charge in [-0.25, -0.2) is 8.42 Å². The summed E-state index contributed by atoms with van der Waals surface area (Å²) >= 11 is 0. The molecular formula is C26H26F3N3O3S. The van der Waals surface area contributed by atoms with Gasteiger partial charge in [0.2, 0.25) is 10.0 Å². The first-order valence-electron chi connectivity index (χ1n) is 11.4. The fraction of sp³-hybridized carbons (Fsp3) is 0.269. The molecule has 10 heteroatoms. The summed E-state index contributed by atoms with van der Waals surface area (Å²) in [6.45, 7) is 4.09. The number of carbonyl (C=O) groups excluding carboxylic acids is 1. The van der Waals surface area contributed by atoms with Gasteiger partial charge in [0.25, 0.3) is 5.91 Å². The van der Waals surface area contributed by atoms with Gasteiger partial charge in [-0.05, 0) is 48.9 Å². The van der Waals surface area contributed by atoms with Gasteiger partial charge in [-0.15, -0.1) is 0 Å². The van der Waals surface area contributed by atoms with Crippen molar-refractivity contribution in [2.75, 3.05) is 31.5 Å². The van der Waals surface area contributed by atoms with Crippen LogP contribution in [0.3, 0.4) is 0 Å². The lowest BCUT2D eigenvalue weighted by atomic mass is 10.1. The zero-order chi connectivity index (χ0) is 25.9. The molecule has 0 unspecified atom stereocenters. The van der Waals surface area contributed by atoms with Crippen LogP contribution in [0.2, 0.25) is 0 Å². The van der Waals surface area contributed by atoms with E-state index in [9.17, 15) is 26.4 Å². The Morgan fingerprint density at radius 3 is 2.25 bits per heavy atom. The van der Waals surface area contributed by atoms with E-state index in [-0.39, 0.29) is 16.1 Å². The molecule has 6 nitrogen and oxygen atoms in total. The minimum absolute atomic E-state index is 0.241. The molecule has 0 radical (unpaired) electrons. The number of alkyl halides is 3. The molecule has 1 fully saturated rings. The van der Waals surface area contributed by atoms with Crippen molar-refractivity contribution >= 4 is 21.6 Å². The van der Waals surface area contributed by atoms with Crippen LogP contribution in [0.4, 0.5) is 18.9 Å². The van der Waals surface area contributed by atoms with Crippen LogP contribution < -0.4 is 5.32 Å². The molecule has 0 saturated carbocycles. The molecule has 1 saturated heterocycles. The third kappa shape index (κ3) is 5.95. The van der Waals surface area contributed by atoms with Gasteiger partial charge in [0, 0.05) is 38.3 Å². The van der Waals surface area contributed by atoms with Crippen molar-refractivity contribution in [2.45, 2.75) is 24.5 Å². The van der Waals surface area contributed by atoms with Gasteiger partial charge in [0.1, 0.15) is 0 Å². The van der Waals surface area contributed by atoms with Gasteiger partial charge in [-0.1, -0.05) is 42.0 Å². The highest BCUT2D eigenvalue weighted by Gasteiger charge is 2.33. The Hall–Kier alpha value is -3.21. The summed E-state index contributed by atoms with van der Waals surface area (Å²) in [5.74, 6) is -0.637. The van der Waals surface area contributed by atoms with E-state index in [1.807, 2.05) is 13.0 Å². The van der Waals surface area contributed by atoms with E-state index in [0.717, 1.165) is 17.2 Å². The molecule has 1 heterocycles. The van der Waals surface area contributed by atoms with Crippen LogP contribution in [0.15, 0.2) is 77.7 Å². The predicted molar refractivity (Wildman–Crippen MR) is 131 cm³/mol. The van der Waals surface area contributed by atoms with Crippen LogP contribution in [0, 0.1) is 6.92 Å². The number of amides is 1. The average molecular weight is 518 g/mol. The first kappa shape index (κ1) is 25.9. The molecule has 0 aliphatic carbocycles. The van der Waals surface area contributed by atoms with Crippen LogP contribution in [-0.2, 0) is 22.7 Å². The molecule has 0 atom stereocenters. The van der Waals surface area contributed by atoms with Crippen molar-refractivity contribution in [3.05, 3.63) is 95.1 Å². The van der Waals surface area contributed by atoms with Crippen LogP contribution in [0.5, 0.6) is 0 Å². The zero-order valence-corrected chi connectivity index (χ0v) is 20.4. The average Bonchev–Trinajstić information content (AvgIpc) is 2.84. The topological polar surface area (TPSA) is 69.7 Å². The van der Waals surface area contributed by atoms with E-state index in [4.69, 9.17) is 0 Å². The van der Waals surface area contributed by atoms with E-state index in [0.29, 0.717) is 32.7 Å². The number of carbonyl (C=O) groups is 1. The number of para-hydroxylation sites is 1. The first-order chi connectivity index (χ1) is 17.0. The summed E-state index contributed by atoms with van der Waals surface area (Å²) in [6.07, 6.45) is -4.58. The largest absolute Gasteiger partial charge is 0.418 e. The zero-order valence-electron chi connectivity index (χ0n) is 19.6. The molecule has 3 aromatic carbocycles. The number of halogens is 3. The number of sulfonamides is 1. The Labute approximate surface area is 208 Å². The lowest BCUT2D eigenvalue weighted by Gasteiger charge is -2.34. The van der Waals surface area contributed by atoms with Gasteiger partial charge in [0.05, 0.1) is 16.1 Å². The molecule has 4 rings (SSSR count). The normalized spacial score (nSPS) is 15.6. The summed E-state index contributed by atoms with van der Waals surface area (Å²) in [7, 11) is -3.56. The summed E-state index contributed by atoms with van der Waals surface area (Å²) in [4.78, 5) is 15.0. The van der Waals surface area contributed by atoms with Crippen LogP contribution in [0.1, 0.15) is 27.0 Å². The van der Waals surface area contributed by atoms with Crippen molar-refractivity contribution in [3.8, 4) is 0 Å². The minimum atomic E-state index is -4.58. The fourth-order valence-corrected chi connectivity index (χ4v) is 5.51. The van der Waals surface area contributed by atoms with Gasteiger partial charge in [0.15, 0.2) is 0 Å². The molecule has 0 bridgehead atoms. The summed E-state index contributed by atoms with van der Waals surface area (Å²) in [6, 6.07) is 18.3. The van der Waals surface area contributed by atoms with Crippen LogP contribution in [-0.4, -0.2) is 49.7 Å². The van der Waals surface area contributed by atoms with Crippen molar-refractivity contribution in [1.82, 2.24) is 9.21 Å². The monoisotopic (exact) mass is 517 g/mol. The highest BCUT2D eigenvalue weighted by atomic mass is 32.2. The summed E-state index contributed by atoms with van der Waals surface area (Å²) < 4.78 is 67.0. The fourth-order valence-electron chi connectivity index (χ4n) is 4.09. The second kappa shape index (κ2) is 10.4. The molecule has 0 aromatic heterocycles. The molecule has 36 heavy (non-hydrogen) atoms. The number of piperazine rings is 1. The molecule has 1 N–H and O–H groups in total. The highest BCUT2D eigenvalue weighted by molar-refractivity contribution is 7.89. The maximum atomic E-state index is 13.2. The van der Waals surface area contributed by atoms with Gasteiger partial charge in [-0.3, -0.25) is 9.69 Å². The number of hydrogen-bond donors (Lipinski definition) is 1. The third-order valence-corrected chi connectivity index (χ3v) is 7.98. The number of aryl methyl sites for hydroxylation is 1. The Kier molecular flexibility index (Phi) is 7.49. The smallest absolute Gasteiger partial charge is 0.321 e. The predicted octanol–water partition coefficient (Wildman–Crippen LogP) is 4.77. The number of rotatable bonds is 6. The van der Waals surface area contributed by atoms with E-state index in [1.54, 1.807) is 42.5 Å². The maximum absolute atomic E-state index is 13.2. The Balaban J connectivity index is 1.38. The van der Waals surface area contributed by atoms with Crippen LogP contribution >= 0.6 is 0 Å². The Morgan fingerprint density at radius 2 is 1.58 bits per heavy atom. The van der Waals surface area contributed by atoms with Gasteiger partial charge >= 0.3 is 6.18 Å². The summed E-state index contributed by atoms with van der Waals surface area (Å²) in [5.41, 5.74) is 0.824. The Bertz CT molecular complexity index is 1330. The molecule has 1 aliphatic heterocycles. The van der Waals surface area contributed by atoms with E-state index >= 15 is 0 Å². The van der Waals surface area contributed by atoms with Crippen molar-refractivity contribution in [3.63, 3.8) is 0 Å². The molecule has 1 aliphatic rings. The second-order valence-corrected chi connectivity index (χ2v) is 10.6.